The Labute approximate surface area is 186 Å². The Balaban J connectivity index is 1.57. The molecular formula is C22H16BrNO3S2. The molecule has 0 radical (unpaired) electrons. The van der Waals surface area contributed by atoms with E-state index < -0.39 is 0 Å². The lowest BCUT2D eigenvalue weighted by molar-refractivity contribution is -0.113. The van der Waals surface area contributed by atoms with Gasteiger partial charge in [0, 0.05) is 16.1 Å². The Kier molecular flexibility index (Phi) is 5.89. The highest BCUT2D eigenvalue weighted by Gasteiger charge is 2.33. The van der Waals surface area contributed by atoms with Gasteiger partial charge in [0.05, 0.1) is 17.2 Å². The maximum absolute atomic E-state index is 12.9. The van der Waals surface area contributed by atoms with Gasteiger partial charge in [0.2, 0.25) is 0 Å². The third kappa shape index (κ3) is 4.17. The summed E-state index contributed by atoms with van der Waals surface area (Å²) < 4.78 is 12.8. The minimum Gasteiger partial charge on any atom is -0.494 e. The summed E-state index contributed by atoms with van der Waals surface area (Å²) in [5.41, 5.74) is 1.67. The van der Waals surface area contributed by atoms with E-state index in [0.717, 1.165) is 21.5 Å². The summed E-state index contributed by atoms with van der Waals surface area (Å²) in [5.74, 6) is 1.92. The highest BCUT2D eigenvalue weighted by atomic mass is 79.9. The van der Waals surface area contributed by atoms with Crippen molar-refractivity contribution in [3.8, 4) is 17.1 Å². The van der Waals surface area contributed by atoms with Crippen molar-refractivity contribution >= 4 is 61.9 Å². The first-order valence-corrected chi connectivity index (χ1v) is 10.9. The van der Waals surface area contributed by atoms with Gasteiger partial charge in [-0.1, -0.05) is 58.1 Å². The number of halogens is 1. The van der Waals surface area contributed by atoms with Gasteiger partial charge < -0.3 is 9.15 Å². The zero-order chi connectivity index (χ0) is 20.4. The smallest absolute Gasteiger partial charge is 0.270 e. The second-order valence-corrected chi connectivity index (χ2v) is 8.66. The fourth-order valence-electron chi connectivity index (χ4n) is 2.91. The molecule has 0 spiro atoms. The molecule has 0 atom stereocenters. The summed E-state index contributed by atoms with van der Waals surface area (Å²) in [4.78, 5) is 15.0. The van der Waals surface area contributed by atoms with E-state index in [0.29, 0.717) is 27.3 Å². The van der Waals surface area contributed by atoms with Crippen LogP contribution < -0.4 is 9.64 Å². The molecule has 0 aliphatic carbocycles. The van der Waals surface area contributed by atoms with Crippen molar-refractivity contribution in [1.82, 2.24) is 0 Å². The number of anilines is 1. The first-order valence-electron chi connectivity index (χ1n) is 8.92. The highest BCUT2D eigenvalue weighted by Crippen LogP contribution is 2.37. The van der Waals surface area contributed by atoms with Gasteiger partial charge in [0.15, 0.2) is 4.32 Å². The van der Waals surface area contributed by atoms with Gasteiger partial charge in [-0.3, -0.25) is 9.69 Å². The van der Waals surface area contributed by atoms with Gasteiger partial charge in [-0.25, -0.2) is 0 Å². The van der Waals surface area contributed by atoms with Crippen LogP contribution in [0.1, 0.15) is 12.7 Å². The molecule has 4 rings (SSSR count). The molecule has 0 unspecified atom stereocenters. The molecular weight excluding hydrogens is 470 g/mol. The number of benzene rings is 2. The van der Waals surface area contributed by atoms with Crippen LogP contribution in [0.5, 0.6) is 5.75 Å². The summed E-state index contributed by atoms with van der Waals surface area (Å²) in [6, 6.07) is 18.9. The molecule has 4 nitrogen and oxygen atoms in total. The van der Waals surface area contributed by atoms with Crippen molar-refractivity contribution in [2.45, 2.75) is 6.92 Å². The Morgan fingerprint density at radius 1 is 1.14 bits per heavy atom. The number of thiocarbonyl (C=S) groups is 1. The number of hydrogen-bond donors (Lipinski definition) is 0. The van der Waals surface area contributed by atoms with Crippen LogP contribution in [0.3, 0.4) is 0 Å². The van der Waals surface area contributed by atoms with E-state index in [9.17, 15) is 4.79 Å². The quantitative estimate of drug-likeness (QED) is 0.304. The minimum atomic E-state index is -0.164. The van der Waals surface area contributed by atoms with Gasteiger partial charge >= 0.3 is 0 Å². The molecule has 146 valence electrons. The van der Waals surface area contributed by atoms with Crippen LogP contribution in [0, 0.1) is 0 Å². The van der Waals surface area contributed by atoms with Crippen molar-refractivity contribution in [2.75, 3.05) is 11.5 Å². The Morgan fingerprint density at radius 2 is 1.90 bits per heavy atom. The SMILES string of the molecule is CCOc1ccc(N2C(=O)/C(=C\c3ccc(-c4ccccc4Br)o3)SC2=S)cc1. The molecule has 29 heavy (non-hydrogen) atoms. The monoisotopic (exact) mass is 485 g/mol. The van der Waals surface area contributed by atoms with Gasteiger partial charge in [0.1, 0.15) is 17.3 Å². The van der Waals surface area contributed by atoms with Gasteiger partial charge in [0.25, 0.3) is 5.91 Å². The van der Waals surface area contributed by atoms with Crippen LogP contribution in [-0.2, 0) is 4.79 Å². The zero-order valence-electron chi connectivity index (χ0n) is 15.4. The van der Waals surface area contributed by atoms with Crippen LogP contribution in [0.15, 0.2) is 74.5 Å². The third-order valence-electron chi connectivity index (χ3n) is 4.24. The first-order chi connectivity index (χ1) is 14.1. The molecule has 0 N–H and O–H groups in total. The van der Waals surface area contributed by atoms with Crippen LogP contribution in [0.25, 0.3) is 17.4 Å². The average molecular weight is 486 g/mol. The number of thioether (sulfide) groups is 1. The molecule has 1 aliphatic rings. The normalized spacial score (nSPS) is 15.4. The molecule has 1 aliphatic heterocycles. The lowest BCUT2D eigenvalue weighted by atomic mass is 10.2. The van der Waals surface area contributed by atoms with Crippen molar-refractivity contribution in [3.05, 3.63) is 75.8 Å². The van der Waals surface area contributed by atoms with E-state index in [1.54, 1.807) is 6.08 Å². The van der Waals surface area contributed by atoms with E-state index in [2.05, 4.69) is 15.9 Å². The molecule has 2 aromatic carbocycles. The van der Waals surface area contributed by atoms with Crippen LogP contribution >= 0.6 is 39.9 Å². The van der Waals surface area contributed by atoms with Gasteiger partial charge in [-0.05, 0) is 49.4 Å². The maximum Gasteiger partial charge on any atom is 0.270 e. The Morgan fingerprint density at radius 3 is 2.62 bits per heavy atom. The standard InChI is InChI=1S/C22H16BrNO3S2/c1-2-26-15-9-7-14(8-10-15)24-21(25)20(29-22(24)28)13-16-11-12-19(27-16)17-5-3-4-6-18(17)23/h3-13H,2H2,1H3/b20-13+. The van der Waals surface area contributed by atoms with E-state index >= 15 is 0 Å². The van der Waals surface area contributed by atoms with Crippen molar-refractivity contribution in [3.63, 3.8) is 0 Å². The zero-order valence-corrected chi connectivity index (χ0v) is 18.6. The summed E-state index contributed by atoms with van der Waals surface area (Å²) >= 11 is 10.2. The third-order valence-corrected chi connectivity index (χ3v) is 6.23. The molecule has 1 saturated heterocycles. The molecule has 7 heteroatoms. The van der Waals surface area contributed by atoms with E-state index in [-0.39, 0.29) is 5.91 Å². The second kappa shape index (κ2) is 8.57. The fraction of sp³-hybridized carbons (Fsp3) is 0.0909. The van der Waals surface area contributed by atoms with Crippen LogP contribution in [0.2, 0.25) is 0 Å². The predicted molar refractivity (Wildman–Crippen MR) is 125 cm³/mol. The fourth-order valence-corrected chi connectivity index (χ4v) is 4.67. The largest absolute Gasteiger partial charge is 0.494 e. The Bertz CT molecular complexity index is 1110. The number of amides is 1. The highest BCUT2D eigenvalue weighted by molar-refractivity contribution is 9.10. The molecule has 2 heterocycles. The maximum atomic E-state index is 12.9. The average Bonchev–Trinajstić information content (AvgIpc) is 3.28. The van der Waals surface area contributed by atoms with Crippen LogP contribution in [0.4, 0.5) is 5.69 Å². The number of carbonyl (C=O) groups excluding carboxylic acids is 1. The summed E-state index contributed by atoms with van der Waals surface area (Å²) in [6.45, 7) is 2.52. The number of ether oxygens (including phenoxy) is 1. The Hall–Kier alpha value is -2.35. The van der Waals surface area contributed by atoms with E-state index in [1.807, 2.05) is 67.6 Å². The number of rotatable bonds is 5. The predicted octanol–water partition coefficient (Wildman–Crippen LogP) is 6.51. The van der Waals surface area contributed by atoms with E-state index in [4.69, 9.17) is 21.4 Å². The van der Waals surface area contributed by atoms with Crippen molar-refractivity contribution < 1.29 is 13.9 Å². The molecule has 0 saturated carbocycles. The summed E-state index contributed by atoms with van der Waals surface area (Å²) in [7, 11) is 0. The van der Waals surface area contributed by atoms with Crippen molar-refractivity contribution in [2.24, 2.45) is 0 Å². The second-order valence-electron chi connectivity index (χ2n) is 6.13. The van der Waals surface area contributed by atoms with Gasteiger partial charge in [-0.2, -0.15) is 0 Å². The molecule has 0 bridgehead atoms. The molecule has 1 amide bonds. The number of carbonyl (C=O) groups is 1. The van der Waals surface area contributed by atoms with Gasteiger partial charge in [-0.15, -0.1) is 0 Å². The molecule has 1 fully saturated rings. The first kappa shape index (κ1) is 19.9. The summed E-state index contributed by atoms with van der Waals surface area (Å²) in [5, 5.41) is 0. The topological polar surface area (TPSA) is 42.7 Å². The number of hydrogen-bond acceptors (Lipinski definition) is 5. The molecule has 3 aromatic rings. The van der Waals surface area contributed by atoms with Crippen LogP contribution in [-0.4, -0.2) is 16.8 Å². The van der Waals surface area contributed by atoms with E-state index in [1.165, 1.54) is 16.7 Å². The minimum absolute atomic E-state index is 0.164. The number of furan rings is 1. The van der Waals surface area contributed by atoms with Crippen molar-refractivity contribution in [1.29, 1.82) is 0 Å². The lowest BCUT2D eigenvalue weighted by Crippen LogP contribution is -2.27. The number of nitrogens with zero attached hydrogens (tertiary/aromatic N) is 1. The molecule has 1 aromatic heterocycles. The lowest BCUT2D eigenvalue weighted by Gasteiger charge is -2.15. The summed E-state index contributed by atoms with van der Waals surface area (Å²) in [6.07, 6.45) is 1.73.